The predicted molar refractivity (Wildman–Crippen MR) is 147 cm³/mol. The van der Waals surface area contributed by atoms with E-state index in [9.17, 15) is 61.2 Å². The fraction of sp³-hybridized carbons (Fsp3) is 0.320. The smallest absolute Gasteiger partial charge is 0.368 e. The van der Waals surface area contributed by atoms with E-state index < -0.39 is 85.9 Å². The van der Waals surface area contributed by atoms with Crippen LogP contribution in [0.25, 0.3) is 0 Å². The van der Waals surface area contributed by atoms with Gasteiger partial charge in [0.2, 0.25) is 6.41 Å². The summed E-state index contributed by atoms with van der Waals surface area (Å²) in [5.41, 5.74) is 0.608. The molecule has 0 heterocycles. The lowest BCUT2D eigenvalue weighted by atomic mass is 9.93. The van der Waals surface area contributed by atoms with Crippen LogP contribution < -0.4 is 10.0 Å². The van der Waals surface area contributed by atoms with Crippen LogP contribution in [0.3, 0.4) is 0 Å². The number of sulfonamides is 2. The van der Waals surface area contributed by atoms with E-state index in [1.807, 2.05) is 0 Å². The zero-order valence-corrected chi connectivity index (χ0v) is 24.1. The third-order valence-corrected chi connectivity index (χ3v) is 11.4. The van der Waals surface area contributed by atoms with Gasteiger partial charge in [-0.3, -0.25) is 19.2 Å². The highest BCUT2D eigenvalue weighted by Gasteiger charge is 2.64. The van der Waals surface area contributed by atoms with Crippen molar-refractivity contribution in [2.24, 2.45) is 5.92 Å². The number of carbonyl (C=O) groups excluding carboxylic acids is 1. The molecule has 234 valence electrons. The summed E-state index contributed by atoms with van der Waals surface area (Å²) in [5.74, 6) is -9.77. The van der Waals surface area contributed by atoms with E-state index >= 15 is 0 Å². The monoisotopic (exact) mass is 643 g/mol. The summed E-state index contributed by atoms with van der Waals surface area (Å²) in [6.07, 6.45) is -1.87. The SMILES string of the molecule is CN(CCc1ccccc1)S(=O)(=O)C(NC=O)(C(=O)O)S(=O)(=O)NC(Cc1ccccc1CC(C(=O)O)C(=O)O)C(=O)O. The fourth-order valence-electron chi connectivity index (χ4n) is 4.05. The maximum atomic E-state index is 13.5. The average Bonchev–Trinajstić information content (AvgIpc) is 2.93. The molecule has 0 radical (unpaired) electrons. The third-order valence-electron chi connectivity index (χ3n) is 6.40. The maximum absolute atomic E-state index is 13.5. The molecule has 0 aliphatic heterocycles. The number of rotatable bonds is 18. The Morgan fingerprint density at radius 1 is 0.837 bits per heavy atom. The van der Waals surface area contributed by atoms with Crippen LogP contribution in [0.5, 0.6) is 0 Å². The summed E-state index contributed by atoms with van der Waals surface area (Å²) in [5, 5.41) is 39.5. The molecule has 2 unspecified atom stereocenters. The van der Waals surface area contributed by atoms with Crippen molar-refractivity contribution in [3.63, 3.8) is 0 Å². The van der Waals surface area contributed by atoms with Gasteiger partial charge in [0.05, 0.1) is 0 Å². The van der Waals surface area contributed by atoms with E-state index in [-0.39, 0.29) is 17.5 Å². The Morgan fingerprint density at radius 2 is 1.35 bits per heavy atom. The van der Waals surface area contributed by atoms with Gasteiger partial charge >= 0.3 is 28.1 Å². The first kappa shape index (κ1) is 34.8. The van der Waals surface area contributed by atoms with Gasteiger partial charge in [-0.2, -0.15) is 4.72 Å². The number of aliphatic carboxylic acids is 4. The summed E-state index contributed by atoms with van der Waals surface area (Å²) in [7, 11) is -10.5. The molecule has 1 amide bonds. The summed E-state index contributed by atoms with van der Waals surface area (Å²) in [6, 6.07) is 11.3. The minimum atomic E-state index is -5.85. The van der Waals surface area contributed by atoms with Crippen molar-refractivity contribution in [3.8, 4) is 0 Å². The lowest BCUT2D eigenvalue weighted by Gasteiger charge is -2.33. The first-order chi connectivity index (χ1) is 20.0. The highest BCUT2D eigenvalue weighted by atomic mass is 32.3. The van der Waals surface area contributed by atoms with E-state index in [1.165, 1.54) is 29.6 Å². The molecule has 2 atom stereocenters. The average molecular weight is 644 g/mol. The molecule has 18 heteroatoms. The largest absolute Gasteiger partial charge is 0.481 e. The van der Waals surface area contributed by atoms with Crippen molar-refractivity contribution in [2.45, 2.75) is 29.5 Å². The second-order valence-electron chi connectivity index (χ2n) is 9.16. The molecule has 0 bridgehead atoms. The number of amides is 1. The Kier molecular flexibility index (Phi) is 11.5. The van der Waals surface area contributed by atoms with Crippen LogP contribution in [0, 0.1) is 5.92 Å². The number of carboxylic acid groups (broad SMARTS) is 4. The molecular formula is C25H29N3O13S2. The van der Waals surface area contributed by atoms with Crippen molar-refractivity contribution >= 4 is 50.3 Å². The number of carboxylic acids is 4. The van der Waals surface area contributed by atoms with Crippen LogP contribution in [-0.4, -0.2) is 95.7 Å². The van der Waals surface area contributed by atoms with E-state index in [0.29, 0.717) is 9.87 Å². The van der Waals surface area contributed by atoms with Crippen molar-refractivity contribution in [1.82, 2.24) is 14.3 Å². The van der Waals surface area contributed by atoms with Crippen molar-refractivity contribution in [3.05, 3.63) is 71.3 Å². The predicted octanol–water partition coefficient (Wildman–Crippen LogP) is -1.08. The second-order valence-corrected chi connectivity index (χ2v) is 13.5. The first-order valence-corrected chi connectivity index (χ1v) is 15.2. The number of nitrogens with zero attached hydrogens (tertiary/aromatic N) is 1. The molecular weight excluding hydrogens is 614 g/mol. The van der Waals surface area contributed by atoms with Gasteiger partial charge in [0, 0.05) is 13.6 Å². The van der Waals surface area contributed by atoms with Gasteiger partial charge in [-0.15, -0.1) is 0 Å². The zero-order chi connectivity index (χ0) is 32.6. The third kappa shape index (κ3) is 7.72. The second kappa shape index (κ2) is 14.2. The molecule has 2 aromatic rings. The van der Waals surface area contributed by atoms with Crippen LogP contribution in [0.4, 0.5) is 0 Å². The van der Waals surface area contributed by atoms with E-state index in [0.717, 1.165) is 7.05 Å². The van der Waals surface area contributed by atoms with Crippen LogP contribution >= 0.6 is 0 Å². The highest BCUT2D eigenvalue weighted by Crippen LogP contribution is 2.26. The van der Waals surface area contributed by atoms with Crippen LogP contribution in [0.1, 0.15) is 16.7 Å². The van der Waals surface area contributed by atoms with Crippen LogP contribution in [0.2, 0.25) is 0 Å². The molecule has 16 nitrogen and oxygen atoms in total. The summed E-state index contributed by atoms with van der Waals surface area (Å²) < 4.78 is 51.9. The molecule has 0 saturated heterocycles. The molecule has 6 N–H and O–H groups in total. The van der Waals surface area contributed by atoms with E-state index in [4.69, 9.17) is 0 Å². The minimum Gasteiger partial charge on any atom is -0.481 e. The van der Waals surface area contributed by atoms with Gasteiger partial charge < -0.3 is 25.7 Å². The van der Waals surface area contributed by atoms with Gasteiger partial charge in [-0.1, -0.05) is 54.6 Å². The maximum Gasteiger partial charge on any atom is 0.368 e. The van der Waals surface area contributed by atoms with Gasteiger partial charge in [0.1, 0.15) is 6.04 Å². The Bertz CT molecular complexity index is 1570. The number of hydrogen-bond acceptors (Lipinski definition) is 9. The molecule has 0 aliphatic carbocycles. The Balaban J connectivity index is 2.52. The zero-order valence-electron chi connectivity index (χ0n) is 22.5. The van der Waals surface area contributed by atoms with Crippen molar-refractivity contribution < 1.29 is 61.2 Å². The highest BCUT2D eigenvalue weighted by molar-refractivity contribution is 8.09. The number of carbonyl (C=O) groups is 5. The topological polar surface area (TPSA) is 262 Å². The molecule has 0 saturated carbocycles. The molecule has 0 aromatic heterocycles. The van der Waals surface area contributed by atoms with Gasteiger partial charge in [0.15, 0.2) is 5.92 Å². The lowest BCUT2D eigenvalue weighted by molar-refractivity contribution is -0.154. The number of benzene rings is 2. The van der Waals surface area contributed by atoms with Crippen LogP contribution in [0.15, 0.2) is 54.6 Å². The molecule has 0 spiro atoms. The van der Waals surface area contributed by atoms with Gasteiger partial charge in [-0.05, 0) is 36.0 Å². The van der Waals surface area contributed by atoms with Crippen LogP contribution in [-0.2, 0) is 63.3 Å². The van der Waals surface area contributed by atoms with Gasteiger partial charge in [-0.25, -0.2) is 25.9 Å². The summed E-state index contributed by atoms with van der Waals surface area (Å²) >= 11 is 0. The van der Waals surface area contributed by atoms with Crippen molar-refractivity contribution in [1.29, 1.82) is 0 Å². The Labute approximate surface area is 246 Å². The quantitative estimate of drug-likeness (QED) is 0.0835. The fourth-order valence-corrected chi connectivity index (χ4v) is 8.03. The summed E-state index contributed by atoms with van der Waals surface area (Å²) in [6.45, 7) is -0.429. The molecule has 43 heavy (non-hydrogen) atoms. The number of likely N-dealkylation sites (N-methyl/N-ethyl adjacent to an activating group) is 1. The molecule has 2 rings (SSSR count). The Morgan fingerprint density at radius 3 is 1.81 bits per heavy atom. The summed E-state index contributed by atoms with van der Waals surface area (Å²) in [4.78, 5) is 58.7. The molecule has 0 fully saturated rings. The van der Waals surface area contributed by atoms with Crippen molar-refractivity contribution in [2.75, 3.05) is 13.6 Å². The standard InChI is InChI=1S/C25H29N3O13S2/c1-28(12-11-16-7-3-2-4-8-16)43(40,41)25(24(36)37,26-15-29)42(38,39)27-20(23(34)35)14-18-10-6-5-9-17(18)13-19(21(30)31)22(32)33/h2-10,15,19-20,27H,11-14H2,1H3,(H,26,29)(H,30,31)(H,32,33)(H,34,35)(H,36,37). The lowest BCUT2D eigenvalue weighted by Crippen LogP contribution is -2.70. The normalized spacial score (nSPS) is 14.0. The number of nitrogens with one attached hydrogen (secondary N) is 2. The molecule has 0 aliphatic rings. The Hall–Kier alpha value is -4.39. The molecule has 2 aromatic carbocycles. The minimum absolute atomic E-state index is 0.0169. The number of hydrogen-bond donors (Lipinski definition) is 6. The van der Waals surface area contributed by atoms with E-state index in [1.54, 1.807) is 35.1 Å². The first-order valence-electron chi connectivity index (χ1n) is 12.2. The van der Waals surface area contributed by atoms with Gasteiger partial charge in [0.25, 0.3) is 20.0 Å². The van der Waals surface area contributed by atoms with E-state index in [2.05, 4.69) is 0 Å².